The predicted molar refractivity (Wildman–Crippen MR) is 91.6 cm³/mol. The third kappa shape index (κ3) is 2.12. The fourth-order valence-corrected chi connectivity index (χ4v) is 4.04. The van der Waals surface area contributed by atoms with Crippen LogP contribution >= 0.6 is 0 Å². The van der Waals surface area contributed by atoms with Gasteiger partial charge in [0.1, 0.15) is 0 Å². The van der Waals surface area contributed by atoms with Crippen LogP contribution < -0.4 is 9.98 Å². The van der Waals surface area contributed by atoms with Crippen molar-refractivity contribution in [3.63, 3.8) is 0 Å². The van der Waals surface area contributed by atoms with Crippen molar-refractivity contribution < 1.29 is 4.74 Å². The number of pyridine rings is 1. The molecule has 6 rings (SSSR count). The monoisotopic (exact) mass is 307 g/mol. The van der Waals surface area contributed by atoms with Crippen molar-refractivity contribution in [2.45, 2.75) is 18.4 Å². The average Bonchev–Trinajstić information content (AvgIpc) is 2.98. The van der Waals surface area contributed by atoms with E-state index in [0.29, 0.717) is 11.9 Å². The van der Waals surface area contributed by atoms with E-state index in [1.165, 1.54) is 25.9 Å². The second-order valence-corrected chi connectivity index (χ2v) is 6.71. The van der Waals surface area contributed by atoms with E-state index in [0.717, 1.165) is 23.1 Å². The molecule has 2 bridgehead atoms. The molecular formula is C18H19N4O+. The molecule has 5 heteroatoms. The normalized spacial score (nSPS) is 31.4. The van der Waals surface area contributed by atoms with Gasteiger partial charge in [-0.2, -0.15) is 9.98 Å². The lowest BCUT2D eigenvalue weighted by Crippen LogP contribution is -2.61. The Morgan fingerprint density at radius 3 is 2.83 bits per heavy atom. The number of ether oxygens (including phenoxy) is 1. The molecule has 3 fully saturated rings. The number of amidine groups is 1. The van der Waals surface area contributed by atoms with Crippen LogP contribution in [0.4, 0.5) is 5.82 Å². The minimum atomic E-state index is -0.227. The van der Waals surface area contributed by atoms with E-state index < -0.39 is 0 Å². The SMILES string of the molecule is C1=[N+]=C(Nc2cc3ccccc3cn2)OC12CN1CCC2CC1. The maximum Gasteiger partial charge on any atom is 0.554 e. The van der Waals surface area contributed by atoms with Crippen molar-refractivity contribution in [3.05, 3.63) is 36.5 Å². The number of hydrogen-bond acceptors (Lipinski definition) is 4. The van der Waals surface area contributed by atoms with Gasteiger partial charge in [-0.15, -0.1) is 0 Å². The Labute approximate surface area is 134 Å². The summed E-state index contributed by atoms with van der Waals surface area (Å²) in [5.74, 6) is 1.36. The first-order chi connectivity index (χ1) is 11.3. The molecule has 0 aliphatic carbocycles. The number of piperidine rings is 3. The van der Waals surface area contributed by atoms with Gasteiger partial charge < -0.3 is 4.74 Å². The Bertz CT molecular complexity index is 834. The molecule has 23 heavy (non-hydrogen) atoms. The Kier molecular flexibility index (Phi) is 2.75. The highest BCUT2D eigenvalue weighted by Crippen LogP contribution is 2.37. The first-order valence-electron chi connectivity index (χ1n) is 8.26. The fourth-order valence-electron chi connectivity index (χ4n) is 4.04. The molecule has 116 valence electrons. The average molecular weight is 307 g/mol. The van der Waals surface area contributed by atoms with Gasteiger partial charge in [0.25, 0.3) is 0 Å². The van der Waals surface area contributed by atoms with E-state index in [4.69, 9.17) is 4.74 Å². The molecule has 1 unspecified atom stereocenters. The van der Waals surface area contributed by atoms with Gasteiger partial charge in [-0.3, -0.25) is 4.90 Å². The molecule has 0 radical (unpaired) electrons. The minimum Gasteiger partial charge on any atom is -0.401 e. The van der Waals surface area contributed by atoms with Crippen molar-refractivity contribution in [1.82, 2.24) is 14.6 Å². The van der Waals surface area contributed by atoms with Crippen molar-refractivity contribution in [2.75, 3.05) is 25.0 Å². The smallest absolute Gasteiger partial charge is 0.401 e. The molecule has 0 amide bonds. The molecule has 4 aliphatic heterocycles. The highest BCUT2D eigenvalue weighted by atomic mass is 16.5. The number of aromatic nitrogens is 1. The van der Waals surface area contributed by atoms with Gasteiger partial charge in [0.15, 0.2) is 0 Å². The Hall–Kier alpha value is -2.36. The number of hydrogen-bond donors (Lipinski definition) is 1. The molecule has 2 aromatic rings. The number of fused-ring (bicyclic) bond motifs is 3. The van der Waals surface area contributed by atoms with Crippen LogP contribution in [-0.4, -0.2) is 47.4 Å². The zero-order valence-corrected chi connectivity index (χ0v) is 12.9. The number of anilines is 1. The lowest BCUT2D eigenvalue weighted by atomic mass is 9.76. The summed E-state index contributed by atoms with van der Waals surface area (Å²) in [6, 6.07) is 10.8. The molecule has 5 heterocycles. The van der Waals surface area contributed by atoms with Gasteiger partial charge in [-0.1, -0.05) is 24.3 Å². The molecule has 1 N–H and O–H groups in total. The van der Waals surface area contributed by atoms with Gasteiger partial charge in [0, 0.05) is 30.1 Å². The summed E-state index contributed by atoms with van der Waals surface area (Å²) in [6.07, 6.45) is 6.29. The van der Waals surface area contributed by atoms with Crippen molar-refractivity contribution >= 4 is 28.8 Å². The van der Waals surface area contributed by atoms with E-state index >= 15 is 0 Å². The maximum atomic E-state index is 6.24. The van der Waals surface area contributed by atoms with Crippen LogP contribution in [0.3, 0.4) is 0 Å². The van der Waals surface area contributed by atoms with Gasteiger partial charge in [-0.25, -0.2) is 4.98 Å². The lowest BCUT2D eigenvalue weighted by molar-refractivity contribution is -0.0474. The van der Waals surface area contributed by atoms with Crippen LogP contribution in [0.5, 0.6) is 0 Å². The first-order valence-corrected chi connectivity index (χ1v) is 8.26. The van der Waals surface area contributed by atoms with Gasteiger partial charge >= 0.3 is 6.02 Å². The van der Waals surface area contributed by atoms with Gasteiger partial charge in [-0.05, 0) is 31.3 Å². The molecule has 1 aromatic carbocycles. The Morgan fingerprint density at radius 2 is 2.04 bits per heavy atom. The third-order valence-electron chi connectivity index (χ3n) is 5.30. The number of rotatable bonds is 1. The second-order valence-electron chi connectivity index (χ2n) is 6.71. The summed E-state index contributed by atoms with van der Waals surface area (Å²) >= 11 is 0. The molecule has 1 aromatic heterocycles. The van der Waals surface area contributed by atoms with E-state index in [1.54, 1.807) is 0 Å². The predicted octanol–water partition coefficient (Wildman–Crippen LogP) is 1.64. The van der Waals surface area contributed by atoms with Crippen molar-refractivity contribution in [3.8, 4) is 0 Å². The van der Waals surface area contributed by atoms with Crippen LogP contribution in [-0.2, 0) is 4.74 Å². The highest BCUT2D eigenvalue weighted by Gasteiger charge is 2.53. The van der Waals surface area contributed by atoms with E-state index in [2.05, 4.69) is 32.0 Å². The van der Waals surface area contributed by atoms with Crippen LogP contribution in [0.1, 0.15) is 12.8 Å². The molecule has 5 nitrogen and oxygen atoms in total. The van der Waals surface area contributed by atoms with Crippen molar-refractivity contribution in [2.24, 2.45) is 5.92 Å². The molecule has 0 saturated carbocycles. The minimum absolute atomic E-state index is 0.227. The third-order valence-corrected chi connectivity index (χ3v) is 5.30. The van der Waals surface area contributed by atoms with Gasteiger partial charge in [0.05, 0.1) is 0 Å². The first kappa shape index (κ1) is 13.1. The van der Waals surface area contributed by atoms with Crippen molar-refractivity contribution in [1.29, 1.82) is 0 Å². The second kappa shape index (κ2) is 4.82. The molecule has 4 aliphatic rings. The fraction of sp³-hybridized carbons (Fsp3) is 0.389. The molecule has 1 atom stereocenters. The summed E-state index contributed by atoms with van der Waals surface area (Å²) in [7, 11) is 0. The zero-order chi connectivity index (χ0) is 15.3. The standard InChI is InChI=1S/C18H18N4O/c1-2-4-14-10-19-16(9-13(14)3-1)21-17-20-11-18(23-17)12-22-7-5-15(18)6-8-22/h1-4,9-11,15H,5-8,12H2/p+1. The lowest BCUT2D eigenvalue weighted by Gasteiger charge is -2.47. The largest absolute Gasteiger partial charge is 0.554 e. The van der Waals surface area contributed by atoms with Crippen LogP contribution in [0, 0.1) is 5.92 Å². The van der Waals surface area contributed by atoms with Crippen LogP contribution in [0.15, 0.2) is 36.5 Å². The Morgan fingerprint density at radius 1 is 1.22 bits per heavy atom. The maximum absolute atomic E-state index is 6.24. The number of nitrogens with zero attached hydrogens (tertiary/aromatic N) is 3. The quantitative estimate of drug-likeness (QED) is 0.814. The summed E-state index contributed by atoms with van der Waals surface area (Å²) < 4.78 is 10.7. The summed E-state index contributed by atoms with van der Waals surface area (Å²) in [6.45, 7) is 3.34. The topological polar surface area (TPSA) is 51.5 Å². The summed E-state index contributed by atoms with van der Waals surface area (Å²) in [4.78, 5) is 6.93. The molecule has 3 saturated heterocycles. The number of benzene rings is 1. The van der Waals surface area contributed by atoms with Crippen LogP contribution in [0.25, 0.3) is 10.8 Å². The van der Waals surface area contributed by atoms with Crippen LogP contribution in [0.2, 0.25) is 0 Å². The zero-order valence-electron chi connectivity index (χ0n) is 12.9. The molecular weight excluding hydrogens is 288 g/mol. The number of nitrogens with one attached hydrogen (secondary N) is 1. The van der Waals surface area contributed by atoms with E-state index in [1.807, 2.05) is 30.6 Å². The Balaban J connectivity index is 1.36. The van der Waals surface area contributed by atoms with Gasteiger partial charge in [0.2, 0.25) is 17.6 Å². The van der Waals surface area contributed by atoms with E-state index in [9.17, 15) is 0 Å². The summed E-state index contributed by atoms with van der Waals surface area (Å²) in [5.41, 5.74) is -0.227. The molecule has 1 spiro atoms. The summed E-state index contributed by atoms with van der Waals surface area (Å²) in [5, 5.41) is 5.52. The highest BCUT2D eigenvalue weighted by molar-refractivity contribution is 5.96. The van der Waals surface area contributed by atoms with E-state index in [-0.39, 0.29) is 5.60 Å².